The van der Waals surface area contributed by atoms with Gasteiger partial charge < -0.3 is 19.7 Å². The molecule has 0 aliphatic carbocycles. The van der Waals surface area contributed by atoms with Crippen LogP contribution in [0, 0.1) is 0 Å². The molecule has 24 heavy (non-hydrogen) atoms. The minimum absolute atomic E-state index is 0.207. The zero-order chi connectivity index (χ0) is 16.8. The molecule has 3 rings (SSSR count). The first-order chi connectivity index (χ1) is 11.7. The molecule has 0 saturated carbocycles. The molecule has 0 atom stereocenters. The van der Waals surface area contributed by atoms with E-state index in [1.165, 1.54) is 11.3 Å². The molecule has 0 spiro atoms. The van der Waals surface area contributed by atoms with Gasteiger partial charge in [0.1, 0.15) is 5.75 Å². The zero-order valence-corrected chi connectivity index (χ0v) is 14.5. The molecule has 1 heterocycles. The van der Waals surface area contributed by atoms with Gasteiger partial charge in [-0.3, -0.25) is 0 Å². The van der Waals surface area contributed by atoms with Gasteiger partial charge in [-0.2, -0.15) is 0 Å². The Morgan fingerprint density at radius 3 is 2.29 bits per heavy atom. The summed E-state index contributed by atoms with van der Waals surface area (Å²) in [6.07, 6.45) is 0.207. The van der Waals surface area contributed by atoms with Crippen LogP contribution in [0.3, 0.4) is 0 Å². The van der Waals surface area contributed by atoms with Crippen LogP contribution in [0.25, 0.3) is 0 Å². The highest BCUT2D eigenvalue weighted by Crippen LogP contribution is 2.20. The lowest BCUT2D eigenvalue weighted by Gasteiger charge is -2.28. The third kappa shape index (κ3) is 4.65. The molecule has 2 aromatic rings. The second-order valence-corrected chi connectivity index (χ2v) is 6.31. The summed E-state index contributed by atoms with van der Waals surface area (Å²) in [7, 11) is 0. The topological polar surface area (TPSA) is 33.7 Å². The Morgan fingerprint density at radius 2 is 1.67 bits per heavy atom. The number of benzene rings is 2. The molecule has 1 aliphatic rings. The Kier molecular flexibility index (Phi) is 5.59. The summed E-state index contributed by atoms with van der Waals surface area (Å²) in [5, 5.41) is 3.47. The van der Waals surface area contributed by atoms with E-state index in [1.807, 2.05) is 26.0 Å². The van der Waals surface area contributed by atoms with Crippen molar-refractivity contribution in [1.29, 1.82) is 0 Å². The Labute approximate surface area is 144 Å². The second kappa shape index (κ2) is 8.06. The van der Waals surface area contributed by atoms with Crippen molar-refractivity contribution in [3.05, 3.63) is 54.1 Å². The smallest absolute Gasteiger partial charge is 0.119 e. The highest BCUT2D eigenvalue weighted by atomic mass is 16.5. The number of rotatable bonds is 6. The molecule has 1 saturated heterocycles. The Hall–Kier alpha value is -2.20. The fourth-order valence-corrected chi connectivity index (χ4v) is 2.77. The van der Waals surface area contributed by atoms with Crippen LogP contribution >= 0.6 is 0 Å². The quantitative estimate of drug-likeness (QED) is 0.872. The standard InChI is InChI=1S/C20H26N2O2/c1-16(2)24-20-9-3-17(4-10-20)15-21-18-5-7-19(8-6-18)22-11-13-23-14-12-22/h3-10,16,21H,11-15H2,1-2H3. The molecule has 1 fully saturated rings. The van der Waals surface area contributed by atoms with Gasteiger partial charge in [0.25, 0.3) is 0 Å². The molecular weight excluding hydrogens is 300 g/mol. The molecule has 4 heteroatoms. The van der Waals surface area contributed by atoms with Gasteiger partial charge in [0.05, 0.1) is 19.3 Å². The van der Waals surface area contributed by atoms with Crippen LogP contribution < -0.4 is 15.0 Å². The van der Waals surface area contributed by atoms with E-state index in [4.69, 9.17) is 9.47 Å². The van der Waals surface area contributed by atoms with Gasteiger partial charge in [0, 0.05) is 31.0 Å². The van der Waals surface area contributed by atoms with Gasteiger partial charge >= 0.3 is 0 Å². The lowest BCUT2D eigenvalue weighted by molar-refractivity contribution is 0.122. The van der Waals surface area contributed by atoms with Gasteiger partial charge in [-0.1, -0.05) is 12.1 Å². The van der Waals surface area contributed by atoms with Crippen molar-refractivity contribution in [2.75, 3.05) is 36.5 Å². The summed E-state index contributed by atoms with van der Waals surface area (Å²) in [4.78, 5) is 2.36. The van der Waals surface area contributed by atoms with Crippen molar-refractivity contribution in [3.63, 3.8) is 0 Å². The van der Waals surface area contributed by atoms with Gasteiger partial charge in [0.15, 0.2) is 0 Å². The maximum absolute atomic E-state index is 5.67. The summed E-state index contributed by atoms with van der Waals surface area (Å²) in [6.45, 7) is 8.45. The fraction of sp³-hybridized carbons (Fsp3) is 0.400. The van der Waals surface area contributed by atoms with E-state index in [0.717, 1.165) is 44.3 Å². The average Bonchev–Trinajstić information content (AvgIpc) is 2.62. The minimum Gasteiger partial charge on any atom is -0.491 e. The number of hydrogen-bond acceptors (Lipinski definition) is 4. The van der Waals surface area contributed by atoms with E-state index in [1.54, 1.807) is 0 Å². The molecule has 0 radical (unpaired) electrons. The molecule has 0 bridgehead atoms. The molecule has 0 amide bonds. The lowest BCUT2D eigenvalue weighted by atomic mass is 10.2. The van der Waals surface area contributed by atoms with E-state index in [0.29, 0.717) is 0 Å². The monoisotopic (exact) mass is 326 g/mol. The van der Waals surface area contributed by atoms with E-state index >= 15 is 0 Å². The van der Waals surface area contributed by atoms with Crippen molar-refractivity contribution in [3.8, 4) is 5.75 Å². The van der Waals surface area contributed by atoms with Gasteiger partial charge in [-0.25, -0.2) is 0 Å². The van der Waals surface area contributed by atoms with Crippen LogP contribution in [0.1, 0.15) is 19.4 Å². The van der Waals surface area contributed by atoms with E-state index in [-0.39, 0.29) is 6.10 Å². The number of hydrogen-bond donors (Lipinski definition) is 1. The summed E-state index contributed by atoms with van der Waals surface area (Å²) in [6, 6.07) is 16.9. The molecule has 1 N–H and O–H groups in total. The predicted molar refractivity (Wildman–Crippen MR) is 99.0 cm³/mol. The molecule has 2 aromatic carbocycles. The first kappa shape index (κ1) is 16.7. The predicted octanol–water partition coefficient (Wildman–Crippen LogP) is 3.92. The Bertz CT molecular complexity index is 617. The van der Waals surface area contributed by atoms with Crippen molar-refractivity contribution < 1.29 is 9.47 Å². The molecule has 0 unspecified atom stereocenters. The third-order valence-corrected chi connectivity index (χ3v) is 4.04. The maximum Gasteiger partial charge on any atom is 0.119 e. The highest BCUT2D eigenvalue weighted by Gasteiger charge is 2.10. The number of ether oxygens (including phenoxy) is 2. The molecule has 0 aromatic heterocycles. The fourth-order valence-electron chi connectivity index (χ4n) is 2.77. The molecule has 1 aliphatic heterocycles. The number of morpholine rings is 1. The average molecular weight is 326 g/mol. The lowest BCUT2D eigenvalue weighted by Crippen LogP contribution is -2.36. The van der Waals surface area contributed by atoms with Crippen LogP contribution in [0.5, 0.6) is 5.75 Å². The highest BCUT2D eigenvalue weighted by molar-refractivity contribution is 5.55. The number of anilines is 2. The van der Waals surface area contributed by atoms with Gasteiger partial charge in [-0.15, -0.1) is 0 Å². The van der Waals surface area contributed by atoms with Crippen LogP contribution in [0.4, 0.5) is 11.4 Å². The second-order valence-electron chi connectivity index (χ2n) is 6.31. The molecule has 128 valence electrons. The molecular formula is C20H26N2O2. The van der Waals surface area contributed by atoms with Crippen molar-refractivity contribution >= 4 is 11.4 Å². The SMILES string of the molecule is CC(C)Oc1ccc(CNc2ccc(N3CCOCC3)cc2)cc1. The van der Waals surface area contributed by atoms with Crippen molar-refractivity contribution in [2.24, 2.45) is 0 Å². The number of nitrogens with one attached hydrogen (secondary N) is 1. The molecule has 4 nitrogen and oxygen atoms in total. The van der Waals surface area contributed by atoms with Crippen LogP contribution in [0.15, 0.2) is 48.5 Å². The van der Waals surface area contributed by atoms with Crippen LogP contribution in [-0.2, 0) is 11.3 Å². The maximum atomic E-state index is 5.67. The summed E-state index contributed by atoms with van der Waals surface area (Å²) in [5.41, 5.74) is 3.64. The third-order valence-electron chi connectivity index (χ3n) is 4.04. The summed E-state index contributed by atoms with van der Waals surface area (Å²) >= 11 is 0. The zero-order valence-electron chi connectivity index (χ0n) is 14.5. The first-order valence-electron chi connectivity index (χ1n) is 8.63. The van der Waals surface area contributed by atoms with Crippen LogP contribution in [-0.4, -0.2) is 32.4 Å². The van der Waals surface area contributed by atoms with E-state index < -0.39 is 0 Å². The van der Waals surface area contributed by atoms with E-state index in [9.17, 15) is 0 Å². The minimum atomic E-state index is 0.207. The van der Waals surface area contributed by atoms with Gasteiger partial charge in [-0.05, 0) is 55.8 Å². The first-order valence-corrected chi connectivity index (χ1v) is 8.63. The summed E-state index contributed by atoms with van der Waals surface area (Å²) in [5.74, 6) is 0.920. The van der Waals surface area contributed by atoms with Crippen molar-refractivity contribution in [1.82, 2.24) is 0 Å². The van der Waals surface area contributed by atoms with E-state index in [2.05, 4.69) is 46.6 Å². The Morgan fingerprint density at radius 1 is 1.00 bits per heavy atom. The largest absolute Gasteiger partial charge is 0.491 e. The van der Waals surface area contributed by atoms with Gasteiger partial charge in [0.2, 0.25) is 0 Å². The van der Waals surface area contributed by atoms with Crippen LogP contribution in [0.2, 0.25) is 0 Å². The Balaban J connectivity index is 1.52. The normalized spacial score (nSPS) is 14.7. The van der Waals surface area contributed by atoms with Crippen molar-refractivity contribution in [2.45, 2.75) is 26.5 Å². The summed E-state index contributed by atoms with van der Waals surface area (Å²) < 4.78 is 11.1. The number of nitrogens with zero attached hydrogens (tertiary/aromatic N) is 1.